The van der Waals surface area contributed by atoms with Gasteiger partial charge in [-0.25, -0.2) is 9.97 Å². The van der Waals surface area contributed by atoms with Crippen LogP contribution in [0.1, 0.15) is 30.6 Å². The van der Waals surface area contributed by atoms with E-state index in [1.54, 1.807) is 12.1 Å². The van der Waals surface area contributed by atoms with Crippen molar-refractivity contribution in [1.82, 2.24) is 14.4 Å². The molecule has 2 aromatic heterocycles. The van der Waals surface area contributed by atoms with Gasteiger partial charge in [-0.3, -0.25) is 9.20 Å². The molecule has 2 heterocycles. The summed E-state index contributed by atoms with van der Waals surface area (Å²) >= 11 is 0. The topological polar surface area (TPSA) is 122 Å². The van der Waals surface area contributed by atoms with Crippen molar-refractivity contribution in [3.05, 3.63) is 60.3 Å². The average molecular weight is 428 g/mol. The molecule has 0 saturated heterocycles. The van der Waals surface area contributed by atoms with E-state index in [2.05, 4.69) is 33.5 Å². The average Bonchev–Trinajstić information content (AvgIpc) is 3.23. The first-order valence-corrected chi connectivity index (χ1v) is 10.4. The van der Waals surface area contributed by atoms with Gasteiger partial charge in [0.05, 0.1) is 22.9 Å². The first kappa shape index (κ1) is 21.2. The molecule has 0 unspecified atom stereocenters. The number of nitrogens with one attached hydrogen (secondary N) is 2. The number of nitrogens with zero attached hydrogens (tertiary/aromatic N) is 4. The number of para-hydroxylation sites is 2. The molecule has 0 saturated carbocycles. The Morgan fingerprint density at radius 2 is 1.97 bits per heavy atom. The summed E-state index contributed by atoms with van der Waals surface area (Å²) in [5.74, 6) is 0.908. The molecule has 0 bridgehead atoms. The maximum Gasteiger partial charge on any atom is 0.278 e. The Morgan fingerprint density at radius 1 is 1.22 bits per heavy atom. The highest BCUT2D eigenvalue weighted by Crippen LogP contribution is 2.28. The number of rotatable bonds is 7. The lowest BCUT2D eigenvalue weighted by Gasteiger charge is -2.12. The lowest BCUT2D eigenvalue weighted by atomic mass is 10.1. The summed E-state index contributed by atoms with van der Waals surface area (Å²) in [6, 6.07) is 15.1. The first-order valence-electron chi connectivity index (χ1n) is 10.4. The van der Waals surface area contributed by atoms with Crippen LogP contribution < -0.4 is 11.1 Å². The zero-order valence-corrected chi connectivity index (χ0v) is 18.0. The van der Waals surface area contributed by atoms with E-state index in [4.69, 9.17) is 16.1 Å². The monoisotopic (exact) mass is 427 g/mol. The molecule has 4 N–H and O–H groups in total. The first-order chi connectivity index (χ1) is 15.5. The third kappa shape index (κ3) is 4.20. The number of nitrogens with two attached hydrogens (primary N) is 1. The molecule has 4 aromatic rings. The standard InChI is InChI=1S/C24H25N7O/c1-15(2)13-27-22-23-28-14-20(31(23)19-6-4-3-5-18(19)29-22)16-7-9-17(10-8-16)24(32)30-21(26)11-12-25/h3-10,12,14-15,25H,11,13H2,1-2H3,(H,27,29)(H2,26,30,32). The molecule has 4 rings (SSSR count). The molecule has 0 aliphatic carbocycles. The molecule has 8 nitrogen and oxygen atoms in total. The normalized spacial score (nSPS) is 11.9. The number of fused-ring (bicyclic) bond motifs is 3. The summed E-state index contributed by atoms with van der Waals surface area (Å²) in [5, 5.41) is 10.5. The number of amides is 1. The zero-order valence-electron chi connectivity index (χ0n) is 18.0. The highest BCUT2D eigenvalue weighted by Gasteiger charge is 2.15. The molecule has 0 atom stereocenters. The van der Waals surface area contributed by atoms with E-state index in [1.807, 2.05) is 42.6 Å². The molecule has 2 aromatic carbocycles. The van der Waals surface area contributed by atoms with Gasteiger partial charge in [0.1, 0.15) is 5.84 Å². The van der Waals surface area contributed by atoms with E-state index in [0.717, 1.165) is 46.5 Å². The molecule has 0 aliphatic rings. The van der Waals surface area contributed by atoms with Gasteiger partial charge in [0.2, 0.25) is 0 Å². The molecular weight excluding hydrogens is 402 g/mol. The van der Waals surface area contributed by atoms with Crippen LogP contribution in [0.4, 0.5) is 5.82 Å². The number of imidazole rings is 1. The summed E-state index contributed by atoms with van der Waals surface area (Å²) in [6.45, 7) is 5.09. The smallest absolute Gasteiger partial charge is 0.278 e. The number of hydrogen-bond donors (Lipinski definition) is 3. The fourth-order valence-corrected chi connectivity index (χ4v) is 3.43. The van der Waals surface area contributed by atoms with Crippen molar-refractivity contribution in [1.29, 1.82) is 5.41 Å². The Morgan fingerprint density at radius 3 is 2.69 bits per heavy atom. The molecule has 8 heteroatoms. The number of hydrogen-bond acceptors (Lipinski definition) is 5. The van der Waals surface area contributed by atoms with Gasteiger partial charge < -0.3 is 16.5 Å². The number of anilines is 1. The van der Waals surface area contributed by atoms with Gasteiger partial charge in [0.15, 0.2) is 11.5 Å². The van der Waals surface area contributed by atoms with Gasteiger partial charge >= 0.3 is 0 Å². The predicted molar refractivity (Wildman–Crippen MR) is 129 cm³/mol. The van der Waals surface area contributed by atoms with E-state index in [-0.39, 0.29) is 12.3 Å². The summed E-state index contributed by atoms with van der Waals surface area (Å²) in [7, 11) is 0. The number of amidine groups is 1. The highest BCUT2D eigenvalue weighted by molar-refractivity contribution is 6.05. The summed E-state index contributed by atoms with van der Waals surface area (Å²) in [6.07, 6.45) is 3.09. The molecule has 0 spiro atoms. The van der Waals surface area contributed by atoms with Gasteiger partial charge in [0, 0.05) is 30.3 Å². The van der Waals surface area contributed by atoms with Crippen molar-refractivity contribution < 1.29 is 4.79 Å². The summed E-state index contributed by atoms with van der Waals surface area (Å²) in [5.41, 5.74) is 10.5. The summed E-state index contributed by atoms with van der Waals surface area (Å²) in [4.78, 5) is 25.6. The minimum atomic E-state index is -0.427. The Balaban J connectivity index is 1.77. The van der Waals surface area contributed by atoms with Crippen molar-refractivity contribution in [3.63, 3.8) is 0 Å². The van der Waals surface area contributed by atoms with Crippen LogP contribution in [0.5, 0.6) is 0 Å². The quantitative estimate of drug-likeness (QED) is 0.302. The van der Waals surface area contributed by atoms with Crippen molar-refractivity contribution in [2.75, 3.05) is 11.9 Å². The number of carbonyl (C=O) groups excluding carboxylic acids is 1. The van der Waals surface area contributed by atoms with E-state index < -0.39 is 5.91 Å². The Hall–Kier alpha value is -4.07. The molecule has 0 aliphatic heterocycles. The van der Waals surface area contributed by atoms with Crippen LogP contribution >= 0.6 is 0 Å². The van der Waals surface area contributed by atoms with Crippen LogP contribution in [-0.2, 0) is 0 Å². The van der Waals surface area contributed by atoms with Crippen LogP contribution in [0.2, 0.25) is 0 Å². The maximum absolute atomic E-state index is 12.3. The van der Waals surface area contributed by atoms with Gasteiger partial charge in [-0.15, -0.1) is 0 Å². The molecule has 0 radical (unpaired) electrons. The zero-order chi connectivity index (χ0) is 22.7. The maximum atomic E-state index is 12.3. The number of aromatic nitrogens is 3. The van der Waals surface area contributed by atoms with Gasteiger partial charge in [-0.1, -0.05) is 38.1 Å². The van der Waals surface area contributed by atoms with Crippen molar-refractivity contribution in [2.45, 2.75) is 20.3 Å². The van der Waals surface area contributed by atoms with Gasteiger partial charge in [-0.05, 0) is 30.2 Å². The second-order valence-corrected chi connectivity index (χ2v) is 7.92. The second-order valence-electron chi connectivity index (χ2n) is 7.92. The Kier molecular flexibility index (Phi) is 5.93. The van der Waals surface area contributed by atoms with Crippen LogP contribution in [-0.4, -0.2) is 38.9 Å². The minimum Gasteiger partial charge on any atom is -0.387 e. The summed E-state index contributed by atoms with van der Waals surface area (Å²) < 4.78 is 2.09. The van der Waals surface area contributed by atoms with E-state index >= 15 is 0 Å². The Labute approximate surface area is 185 Å². The molecule has 162 valence electrons. The fraction of sp³-hybridized carbons (Fsp3) is 0.208. The third-order valence-electron chi connectivity index (χ3n) is 4.99. The van der Waals surface area contributed by atoms with Crippen LogP contribution in [0.3, 0.4) is 0 Å². The van der Waals surface area contributed by atoms with Crippen molar-refractivity contribution >= 4 is 40.5 Å². The molecular formula is C24H25N7O. The van der Waals surface area contributed by atoms with E-state index in [0.29, 0.717) is 11.5 Å². The van der Waals surface area contributed by atoms with Crippen molar-refractivity contribution in [2.24, 2.45) is 16.6 Å². The molecule has 32 heavy (non-hydrogen) atoms. The van der Waals surface area contributed by atoms with Gasteiger partial charge in [-0.2, -0.15) is 4.99 Å². The lowest BCUT2D eigenvalue weighted by Crippen LogP contribution is -2.14. The van der Waals surface area contributed by atoms with E-state index in [1.165, 1.54) is 0 Å². The number of benzene rings is 2. The molecule has 0 fully saturated rings. The van der Waals surface area contributed by atoms with Crippen LogP contribution in [0.25, 0.3) is 27.9 Å². The molecule has 1 amide bonds. The number of aliphatic imine (C=N–C) groups is 1. The SMILES string of the molecule is CC(C)CNc1nc2ccccc2n2c(-c3ccc(C(=O)N=C(N)CC=N)cc3)cnc12. The van der Waals surface area contributed by atoms with Crippen LogP contribution in [0, 0.1) is 11.3 Å². The van der Waals surface area contributed by atoms with Crippen molar-refractivity contribution in [3.8, 4) is 11.3 Å². The fourth-order valence-electron chi connectivity index (χ4n) is 3.43. The lowest BCUT2D eigenvalue weighted by molar-refractivity contribution is 0.100. The van der Waals surface area contributed by atoms with Gasteiger partial charge in [0.25, 0.3) is 5.91 Å². The highest BCUT2D eigenvalue weighted by atomic mass is 16.1. The third-order valence-corrected chi connectivity index (χ3v) is 4.99. The minimum absolute atomic E-state index is 0.122. The Bertz CT molecular complexity index is 1320. The second kappa shape index (κ2) is 8.97. The van der Waals surface area contributed by atoms with Crippen LogP contribution in [0.15, 0.2) is 59.7 Å². The van der Waals surface area contributed by atoms with E-state index in [9.17, 15) is 4.79 Å². The predicted octanol–water partition coefficient (Wildman–Crippen LogP) is 4.15. The largest absolute Gasteiger partial charge is 0.387 e. The number of carbonyl (C=O) groups is 1.